The summed E-state index contributed by atoms with van der Waals surface area (Å²) in [6.07, 6.45) is 2.68. The summed E-state index contributed by atoms with van der Waals surface area (Å²) in [6.45, 7) is 4.83. The first-order valence-electron chi connectivity index (χ1n) is 4.40. The minimum absolute atomic E-state index is 0.0284. The molecule has 72 valence electrons. The molecule has 0 fully saturated rings. The SMILES string of the molecule is CC(C)(CCON)c1ccccn1. The number of rotatable bonds is 4. The molecular weight excluding hydrogens is 164 g/mol. The highest BCUT2D eigenvalue weighted by atomic mass is 16.6. The molecule has 0 unspecified atom stereocenters. The number of nitrogens with two attached hydrogens (primary N) is 1. The number of pyridine rings is 1. The van der Waals surface area contributed by atoms with Crippen molar-refractivity contribution in [2.24, 2.45) is 5.90 Å². The quantitative estimate of drug-likeness (QED) is 0.716. The van der Waals surface area contributed by atoms with Gasteiger partial charge in [-0.15, -0.1) is 0 Å². The smallest absolute Gasteiger partial charge is 0.0688 e. The van der Waals surface area contributed by atoms with Gasteiger partial charge in [0, 0.05) is 17.3 Å². The molecule has 0 aromatic carbocycles. The largest absolute Gasteiger partial charge is 0.305 e. The Hall–Kier alpha value is -0.930. The molecule has 0 aliphatic carbocycles. The second-order valence-electron chi connectivity index (χ2n) is 3.72. The molecule has 0 spiro atoms. The Balaban J connectivity index is 2.69. The summed E-state index contributed by atoms with van der Waals surface area (Å²) < 4.78 is 0. The lowest BCUT2D eigenvalue weighted by Crippen LogP contribution is -2.21. The number of nitrogens with zero attached hydrogens (tertiary/aromatic N) is 1. The Morgan fingerprint density at radius 1 is 1.46 bits per heavy atom. The van der Waals surface area contributed by atoms with Crippen LogP contribution in [-0.2, 0) is 10.3 Å². The van der Waals surface area contributed by atoms with Gasteiger partial charge in [0.25, 0.3) is 0 Å². The van der Waals surface area contributed by atoms with Gasteiger partial charge in [-0.05, 0) is 18.6 Å². The maximum Gasteiger partial charge on any atom is 0.0688 e. The van der Waals surface area contributed by atoms with Gasteiger partial charge in [0.05, 0.1) is 6.61 Å². The van der Waals surface area contributed by atoms with Gasteiger partial charge in [-0.2, -0.15) is 0 Å². The highest BCUT2D eigenvalue weighted by Crippen LogP contribution is 2.24. The summed E-state index contributed by atoms with van der Waals surface area (Å²) in [5.74, 6) is 4.99. The van der Waals surface area contributed by atoms with Crippen LogP contribution in [0.1, 0.15) is 26.0 Å². The maximum atomic E-state index is 4.99. The van der Waals surface area contributed by atoms with Crippen molar-refractivity contribution in [3.63, 3.8) is 0 Å². The third-order valence-electron chi connectivity index (χ3n) is 2.20. The zero-order valence-corrected chi connectivity index (χ0v) is 8.16. The molecule has 0 aliphatic rings. The summed E-state index contributed by atoms with van der Waals surface area (Å²) in [4.78, 5) is 8.88. The molecule has 2 N–H and O–H groups in total. The monoisotopic (exact) mass is 180 g/mol. The highest BCUT2D eigenvalue weighted by Gasteiger charge is 2.21. The van der Waals surface area contributed by atoms with E-state index in [1.807, 2.05) is 18.2 Å². The minimum Gasteiger partial charge on any atom is -0.305 e. The molecule has 13 heavy (non-hydrogen) atoms. The lowest BCUT2D eigenvalue weighted by atomic mass is 9.85. The van der Waals surface area contributed by atoms with Crippen LogP contribution in [0.2, 0.25) is 0 Å². The van der Waals surface area contributed by atoms with Crippen molar-refractivity contribution in [3.8, 4) is 0 Å². The van der Waals surface area contributed by atoms with E-state index < -0.39 is 0 Å². The van der Waals surface area contributed by atoms with E-state index >= 15 is 0 Å². The summed E-state index contributed by atoms with van der Waals surface area (Å²) in [5, 5.41) is 0. The Kier molecular flexibility index (Phi) is 3.39. The highest BCUT2D eigenvalue weighted by molar-refractivity contribution is 5.13. The molecule has 0 atom stereocenters. The molecule has 0 amide bonds. The van der Waals surface area contributed by atoms with Gasteiger partial charge in [-0.1, -0.05) is 19.9 Å². The van der Waals surface area contributed by atoms with Crippen LogP contribution in [0.25, 0.3) is 0 Å². The Morgan fingerprint density at radius 2 is 2.23 bits per heavy atom. The average Bonchev–Trinajstić information content (AvgIpc) is 2.16. The van der Waals surface area contributed by atoms with Gasteiger partial charge >= 0.3 is 0 Å². The summed E-state index contributed by atoms with van der Waals surface area (Å²) in [6, 6.07) is 5.93. The molecule has 3 nitrogen and oxygen atoms in total. The fourth-order valence-corrected chi connectivity index (χ4v) is 1.21. The Morgan fingerprint density at radius 3 is 2.77 bits per heavy atom. The first-order valence-corrected chi connectivity index (χ1v) is 4.40. The van der Waals surface area contributed by atoms with Crippen LogP contribution in [0.15, 0.2) is 24.4 Å². The first-order chi connectivity index (χ1) is 6.17. The minimum atomic E-state index is 0.0284. The van der Waals surface area contributed by atoms with Crippen LogP contribution >= 0.6 is 0 Å². The van der Waals surface area contributed by atoms with Crippen molar-refractivity contribution in [1.82, 2.24) is 4.98 Å². The zero-order chi connectivity index (χ0) is 9.73. The van der Waals surface area contributed by atoms with Gasteiger partial charge in [0.2, 0.25) is 0 Å². The molecule has 0 bridgehead atoms. The Bertz CT molecular complexity index is 246. The van der Waals surface area contributed by atoms with Crippen molar-refractivity contribution in [1.29, 1.82) is 0 Å². The van der Waals surface area contributed by atoms with Crippen molar-refractivity contribution in [2.45, 2.75) is 25.7 Å². The molecule has 0 saturated heterocycles. The Labute approximate surface area is 78.9 Å². The van der Waals surface area contributed by atoms with Gasteiger partial charge < -0.3 is 4.84 Å². The van der Waals surface area contributed by atoms with E-state index in [4.69, 9.17) is 5.90 Å². The van der Waals surface area contributed by atoms with E-state index in [0.29, 0.717) is 6.61 Å². The van der Waals surface area contributed by atoms with Crippen LogP contribution in [0.4, 0.5) is 0 Å². The van der Waals surface area contributed by atoms with E-state index in [1.54, 1.807) is 6.20 Å². The first kappa shape index (κ1) is 10.2. The molecule has 0 aliphatic heterocycles. The molecular formula is C10H16N2O. The van der Waals surface area contributed by atoms with E-state index in [-0.39, 0.29) is 5.41 Å². The van der Waals surface area contributed by atoms with Gasteiger partial charge in [0.1, 0.15) is 0 Å². The predicted octanol–water partition coefficient (Wildman–Crippen LogP) is 1.64. The van der Waals surface area contributed by atoms with Crippen LogP contribution < -0.4 is 5.90 Å². The maximum absolute atomic E-state index is 4.99. The average molecular weight is 180 g/mol. The van der Waals surface area contributed by atoms with Crippen molar-refractivity contribution in [3.05, 3.63) is 30.1 Å². The topological polar surface area (TPSA) is 48.1 Å². The van der Waals surface area contributed by atoms with Gasteiger partial charge in [-0.3, -0.25) is 4.98 Å². The van der Waals surface area contributed by atoms with Gasteiger partial charge in [-0.25, -0.2) is 5.90 Å². The van der Waals surface area contributed by atoms with Crippen LogP contribution in [-0.4, -0.2) is 11.6 Å². The lowest BCUT2D eigenvalue weighted by molar-refractivity contribution is 0.120. The third kappa shape index (κ3) is 2.79. The van der Waals surface area contributed by atoms with E-state index in [9.17, 15) is 0 Å². The van der Waals surface area contributed by atoms with Crippen molar-refractivity contribution in [2.75, 3.05) is 6.61 Å². The van der Waals surface area contributed by atoms with E-state index in [0.717, 1.165) is 12.1 Å². The summed E-state index contributed by atoms with van der Waals surface area (Å²) >= 11 is 0. The zero-order valence-electron chi connectivity index (χ0n) is 8.16. The molecule has 3 heteroatoms. The molecule has 1 aromatic heterocycles. The molecule has 0 radical (unpaired) electrons. The fourth-order valence-electron chi connectivity index (χ4n) is 1.21. The molecule has 1 heterocycles. The fraction of sp³-hybridized carbons (Fsp3) is 0.500. The second-order valence-corrected chi connectivity index (χ2v) is 3.72. The summed E-state index contributed by atoms with van der Waals surface area (Å²) in [7, 11) is 0. The summed E-state index contributed by atoms with van der Waals surface area (Å²) in [5.41, 5.74) is 1.10. The molecule has 1 rings (SSSR count). The lowest BCUT2D eigenvalue weighted by Gasteiger charge is -2.22. The van der Waals surface area contributed by atoms with Crippen LogP contribution in [0.3, 0.4) is 0 Å². The van der Waals surface area contributed by atoms with Crippen LogP contribution in [0.5, 0.6) is 0 Å². The number of aromatic nitrogens is 1. The van der Waals surface area contributed by atoms with Crippen molar-refractivity contribution < 1.29 is 4.84 Å². The van der Waals surface area contributed by atoms with Crippen LogP contribution in [0, 0.1) is 0 Å². The van der Waals surface area contributed by atoms with E-state index in [2.05, 4.69) is 23.7 Å². The van der Waals surface area contributed by atoms with Gasteiger partial charge in [0.15, 0.2) is 0 Å². The standard InChI is InChI=1S/C10H16N2O/c1-10(2,6-8-13-11)9-5-3-4-7-12-9/h3-5,7H,6,8,11H2,1-2H3. The number of hydrogen-bond donors (Lipinski definition) is 1. The molecule has 0 saturated carbocycles. The third-order valence-corrected chi connectivity index (χ3v) is 2.20. The normalized spacial score (nSPS) is 11.6. The second kappa shape index (κ2) is 4.35. The molecule has 1 aromatic rings. The van der Waals surface area contributed by atoms with E-state index in [1.165, 1.54) is 0 Å². The number of hydrogen-bond acceptors (Lipinski definition) is 3. The van der Waals surface area contributed by atoms with Crippen molar-refractivity contribution >= 4 is 0 Å². The predicted molar refractivity (Wildman–Crippen MR) is 52.0 cm³/mol.